The number of hydrogen-bond donors (Lipinski definition) is 0. The van der Waals surface area contributed by atoms with Crippen molar-refractivity contribution >= 4 is 31.9 Å². The first-order chi connectivity index (χ1) is 12.7. The molecule has 27 heavy (non-hydrogen) atoms. The molecule has 0 spiro atoms. The van der Waals surface area contributed by atoms with E-state index < -0.39 is 5.60 Å². The third-order valence-corrected chi connectivity index (χ3v) is 5.29. The predicted molar refractivity (Wildman–Crippen MR) is 107 cm³/mol. The standard InChI is InChI=1S/C19H15Br2FN4O/c1-19(2,27-16-7-4-11(10-23)8-15(16)21)18-25-24-17(26(18)3)13-6-5-12(22)9-14(13)20/h4-9H,1-3H3. The molecule has 1 aromatic heterocycles. The largest absolute Gasteiger partial charge is 0.479 e. The van der Waals surface area contributed by atoms with Gasteiger partial charge in [0.15, 0.2) is 17.2 Å². The predicted octanol–water partition coefficient (Wildman–Crippen LogP) is 5.33. The summed E-state index contributed by atoms with van der Waals surface area (Å²) in [6.45, 7) is 3.76. The Morgan fingerprint density at radius 2 is 1.85 bits per heavy atom. The minimum atomic E-state index is -0.802. The van der Waals surface area contributed by atoms with Crippen LogP contribution in [0.5, 0.6) is 5.75 Å². The van der Waals surface area contributed by atoms with E-state index in [1.54, 1.807) is 24.3 Å². The van der Waals surface area contributed by atoms with Crippen LogP contribution in [0, 0.1) is 17.1 Å². The first-order valence-corrected chi connectivity index (χ1v) is 9.55. The number of nitrogens with zero attached hydrogens (tertiary/aromatic N) is 4. The van der Waals surface area contributed by atoms with Gasteiger partial charge in [-0.15, -0.1) is 10.2 Å². The van der Waals surface area contributed by atoms with Crippen molar-refractivity contribution in [3.63, 3.8) is 0 Å². The molecule has 138 valence electrons. The summed E-state index contributed by atoms with van der Waals surface area (Å²) in [4.78, 5) is 0. The summed E-state index contributed by atoms with van der Waals surface area (Å²) >= 11 is 6.80. The van der Waals surface area contributed by atoms with E-state index in [1.807, 2.05) is 25.5 Å². The highest BCUT2D eigenvalue weighted by atomic mass is 79.9. The fourth-order valence-corrected chi connectivity index (χ4v) is 3.72. The highest BCUT2D eigenvalue weighted by molar-refractivity contribution is 9.11. The van der Waals surface area contributed by atoms with Gasteiger partial charge in [-0.25, -0.2) is 4.39 Å². The summed E-state index contributed by atoms with van der Waals surface area (Å²) in [5.41, 5.74) is 0.463. The van der Waals surface area contributed by atoms with E-state index >= 15 is 0 Å². The molecule has 0 atom stereocenters. The van der Waals surface area contributed by atoms with Crippen LogP contribution in [-0.2, 0) is 12.6 Å². The zero-order valence-electron chi connectivity index (χ0n) is 14.8. The van der Waals surface area contributed by atoms with Gasteiger partial charge >= 0.3 is 0 Å². The molecule has 0 aliphatic rings. The molecule has 2 aromatic carbocycles. The average molecular weight is 494 g/mol. The molecule has 0 N–H and O–H groups in total. The van der Waals surface area contributed by atoms with Crippen molar-refractivity contribution in [3.05, 3.63) is 62.5 Å². The van der Waals surface area contributed by atoms with Crippen molar-refractivity contribution in [1.82, 2.24) is 14.8 Å². The summed E-state index contributed by atoms with van der Waals surface area (Å²) in [6.07, 6.45) is 0. The maximum Gasteiger partial charge on any atom is 0.176 e. The highest BCUT2D eigenvalue weighted by Gasteiger charge is 2.31. The van der Waals surface area contributed by atoms with Gasteiger partial charge in [0.25, 0.3) is 0 Å². The maximum absolute atomic E-state index is 13.4. The second-order valence-corrected chi connectivity index (χ2v) is 8.11. The maximum atomic E-state index is 13.4. The number of ether oxygens (including phenoxy) is 1. The quantitative estimate of drug-likeness (QED) is 0.492. The smallest absolute Gasteiger partial charge is 0.176 e. The van der Waals surface area contributed by atoms with E-state index in [4.69, 9.17) is 10.00 Å². The third-order valence-electron chi connectivity index (χ3n) is 4.01. The van der Waals surface area contributed by atoms with Gasteiger partial charge in [0, 0.05) is 17.1 Å². The molecule has 0 amide bonds. The minimum Gasteiger partial charge on any atom is -0.479 e. The van der Waals surface area contributed by atoms with Gasteiger partial charge in [-0.3, -0.25) is 0 Å². The van der Waals surface area contributed by atoms with Gasteiger partial charge in [-0.2, -0.15) is 5.26 Å². The third kappa shape index (κ3) is 3.89. The van der Waals surface area contributed by atoms with Gasteiger partial charge in [0.2, 0.25) is 0 Å². The number of benzene rings is 2. The Labute approximate surface area is 173 Å². The van der Waals surface area contributed by atoms with Crippen molar-refractivity contribution in [1.29, 1.82) is 5.26 Å². The topological polar surface area (TPSA) is 63.7 Å². The van der Waals surface area contributed by atoms with Crippen LogP contribution in [0.4, 0.5) is 4.39 Å². The summed E-state index contributed by atoms with van der Waals surface area (Å²) in [6, 6.07) is 11.6. The van der Waals surface area contributed by atoms with E-state index in [-0.39, 0.29) is 5.82 Å². The second kappa shape index (κ2) is 7.41. The normalized spacial score (nSPS) is 11.3. The van der Waals surface area contributed by atoms with Gasteiger partial charge < -0.3 is 9.30 Å². The molecule has 0 saturated heterocycles. The van der Waals surface area contributed by atoms with E-state index in [0.29, 0.717) is 31.9 Å². The van der Waals surface area contributed by atoms with Gasteiger partial charge in [0.1, 0.15) is 11.6 Å². The Kier molecular flexibility index (Phi) is 5.36. The van der Waals surface area contributed by atoms with Crippen LogP contribution in [0.3, 0.4) is 0 Å². The molecule has 0 saturated carbocycles. The lowest BCUT2D eigenvalue weighted by Crippen LogP contribution is -2.29. The SMILES string of the molecule is Cn1c(-c2ccc(F)cc2Br)nnc1C(C)(C)Oc1ccc(C#N)cc1Br. The van der Waals surface area contributed by atoms with Crippen molar-refractivity contribution in [2.45, 2.75) is 19.4 Å². The molecule has 0 bridgehead atoms. The fourth-order valence-electron chi connectivity index (χ4n) is 2.73. The Hall–Kier alpha value is -2.24. The van der Waals surface area contributed by atoms with E-state index in [2.05, 4.69) is 48.1 Å². The molecule has 3 aromatic rings. The monoisotopic (exact) mass is 492 g/mol. The van der Waals surface area contributed by atoms with Gasteiger partial charge in [-0.05, 0) is 82.1 Å². The Morgan fingerprint density at radius 3 is 2.48 bits per heavy atom. The number of hydrogen-bond acceptors (Lipinski definition) is 4. The first-order valence-electron chi connectivity index (χ1n) is 7.97. The van der Waals surface area contributed by atoms with Gasteiger partial charge in [-0.1, -0.05) is 0 Å². The summed E-state index contributed by atoms with van der Waals surface area (Å²) in [7, 11) is 1.83. The van der Waals surface area contributed by atoms with Crippen LogP contribution >= 0.6 is 31.9 Å². The van der Waals surface area contributed by atoms with Crippen LogP contribution in [0.25, 0.3) is 11.4 Å². The van der Waals surface area contributed by atoms with Crippen LogP contribution in [0.1, 0.15) is 25.2 Å². The second-order valence-electron chi connectivity index (χ2n) is 6.40. The Balaban J connectivity index is 1.96. The van der Waals surface area contributed by atoms with Crippen molar-refractivity contribution in [2.75, 3.05) is 0 Å². The number of nitriles is 1. The number of rotatable bonds is 4. The van der Waals surface area contributed by atoms with Crippen LogP contribution in [-0.4, -0.2) is 14.8 Å². The zero-order valence-corrected chi connectivity index (χ0v) is 18.0. The molecule has 3 rings (SSSR count). The van der Waals surface area contributed by atoms with E-state index in [1.165, 1.54) is 12.1 Å². The highest BCUT2D eigenvalue weighted by Crippen LogP contribution is 2.34. The minimum absolute atomic E-state index is 0.331. The molecule has 0 fully saturated rings. The molecule has 5 nitrogen and oxygen atoms in total. The molecule has 0 aliphatic heterocycles. The fraction of sp³-hybridized carbons (Fsp3) is 0.211. The lowest BCUT2D eigenvalue weighted by Gasteiger charge is -2.26. The lowest BCUT2D eigenvalue weighted by molar-refractivity contribution is 0.0940. The van der Waals surface area contributed by atoms with Crippen molar-refractivity contribution in [2.24, 2.45) is 7.05 Å². The van der Waals surface area contributed by atoms with Crippen molar-refractivity contribution < 1.29 is 9.13 Å². The summed E-state index contributed by atoms with van der Waals surface area (Å²) in [5.74, 6) is 1.45. The Bertz CT molecular complexity index is 1060. The van der Waals surface area contributed by atoms with Crippen molar-refractivity contribution in [3.8, 4) is 23.2 Å². The van der Waals surface area contributed by atoms with Gasteiger partial charge in [0.05, 0.1) is 16.1 Å². The molecule has 1 heterocycles. The van der Waals surface area contributed by atoms with Crippen LogP contribution < -0.4 is 4.74 Å². The lowest BCUT2D eigenvalue weighted by atomic mass is 10.1. The molecule has 0 aliphatic carbocycles. The van der Waals surface area contributed by atoms with Crippen LogP contribution in [0.15, 0.2) is 45.3 Å². The molecular weight excluding hydrogens is 479 g/mol. The summed E-state index contributed by atoms with van der Waals surface area (Å²) < 4.78 is 22.6. The average Bonchev–Trinajstić information content (AvgIpc) is 2.99. The first kappa shape index (κ1) is 19.5. The van der Waals surface area contributed by atoms with E-state index in [0.717, 1.165) is 5.56 Å². The summed E-state index contributed by atoms with van der Waals surface area (Å²) in [5, 5.41) is 17.5. The zero-order chi connectivity index (χ0) is 19.8. The van der Waals surface area contributed by atoms with E-state index in [9.17, 15) is 4.39 Å². The number of halogens is 3. The Morgan fingerprint density at radius 1 is 1.11 bits per heavy atom. The molecule has 0 radical (unpaired) electrons. The molecule has 8 heteroatoms. The number of aromatic nitrogens is 3. The molecule has 0 unspecified atom stereocenters. The van der Waals surface area contributed by atoms with Crippen LogP contribution in [0.2, 0.25) is 0 Å². The molecular formula is C19H15Br2FN4O.